The molecule has 1 fully saturated rings. The predicted molar refractivity (Wildman–Crippen MR) is 137 cm³/mol. The van der Waals surface area contributed by atoms with Crippen molar-refractivity contribution in [3.8, 4) is 0 Å². The van der Waals surface area contributed by atoms with Crippen molar-refractivity contribution in [1.29, 1.82) is 0 Å². The zero-order chi connectivity index (χ0) is 21.6. The van der Waals surface area contributed by atoms with Gasteiger partial charge in [-0.3, -0.25) is 0 Å². The van der Waals surface area contributed by atoms with Crippen LogP contribution in [0.2, 0.25) is 19.6 Å². The zero-order valence-electron chi connectivity index (χ0n) is 19.2. The lowest BCUT2D eigenvalue weighted by Gasteiger charge is -2.28. The molecule has 5 rings (SSSR count). The quantitative estimate of drug-likeness (QED) is 0.307. The molecule has 160 valence electrons. The summed E-state index contributed by atoms with van der Waals surface area (Å²) in [6, 6.07) is 22.2. The van der Waals surface area contributed by atoms with Crippen LogP contribution in [0.5, 0.6) is 0 Å². The Morgan fingerprint density at radius 2 is 1.39 bits per heavy atom. The smallest absolute Gasteiger partial charge is 0.159 e. The summed E-state index contributed by atoms with van der Waals surface area (Å²) < 4.78 is 6.71. The number of anilines is 2. The van der Waals surface area contributed by atoms with E-state index >= 15 is 0 Å². The van der Waals surface area contributed by atoms with Crippen molar-refractivity contribution in [3.05, 3.63) is 66.2 Å². The van der Waals surface area contributed by atoms with Crippen molar-refractivity contribution >= 4 is 46.6 Å². The molecule has 0 unspecified atom stereocenters. The van der Waals surface area contributed by atoms with Crippen molar-refractivity contribution < 1.29 is 4.42 Å². The third kappa shape index (κ3) is 3.59. The number of para-hydroxylation sites is 3. The van der Waals surface area contributed by atoms with Crippen molar-refractivity contribution in [2.45, 2.75) is 57.7 Å². The lowest BCUT2D eigenvalue weighted by atomic mass is 9.83. The van der Waals surface area contributed by atoms with Gasteiger partial charge in [-0.1, -0.05) is 87.4 Å². The highest BCUT2D eigenvalue weighted by Crippen LogP contribution is 2.42. The van der Waals surface area contributed by atoms with Gasteiger partial charge in [-0.25, -0.2) is 0 Å². The molecule has 1 saturated carbocycles. The maximum atomic E-state index is 6.71. The third-order valence-corrected chi connectivity index (χ3v) is 9.05. The van der Waals surface area contributed by atoms with Crippen molar-refractivity contribution in [1.82, 2.24) is 0 Å². The van der Waals surface area contributed by atoms with Crippen LogP contribution in [-0.2, 0) is 0 Å². The van der Waals surface area contributed by atoms with Gasteiger partial charge in [0, 0.05) is 23.5 Å². The molecule has 1 aliphatic carbocycles. The maximum absolute atomic E-state index is 6.71. The van der Waals surface area contributed by atoms with E-state index in [1.807, 2.05) is 0 Å². The molecule has 1 heterocycles. The summed E-state index contributed by atoms with van der Waals surface area (Å²) in [6.07, 6.45) is 6.61. The molecule has 1 aromatic heterocycles. The van der Waals surface area contributed by atoms with Crippen LogP contribution in [0.4, 0.5) is 11.4 Å². The van der Waals surface area contributed by atoms with Gasteiger partial charge in [0.05, 0.1) is 13.8 Å². The van der Waals surface area contributed by atoms with Crippen molar-refractivity contribution in [2.24, 2.45) is 0 Å². The average Bonchev–Trinajstić information content (AvgIpc) is 3.17. The van der Waals surface area contributed by atoms with Gasteiger partial charge in [0.15, 0.2) is 5.58 Å². The molecule has 0 spiro atoms. The third-order valence-electron chi connectivity index (χ3n) is 7.01. The summed E-state index contributed by atoms with van der Waals surface area (Å²) in [7, 11) is 0.707. The Bertz CT molecular complexity index is 1230. The summed E-state index contributed by atoms with van der Waals surface area (Å²) in [5, 5.41) is 3.96. The molecule has 0 saturated heterocycles. The van der Waals surface area contributed by atoms with Gasteiger partial charge in [0.2, 0.25) is 0 Å². The van der Waals surface area contributed by atoms with Crippen LogP contribution < -0.4 is 10.1 Å². The second-order valence-corrected chi connectivity index (χ2v) is 15.2. The first-order chi connectivity index (χ1) is 14.9. The Balaban J connectivity index is 1.68. The monoisotopic (exact) mass is 427 g/mol. The van der Waals surface area contributed by atoms with Crippen LogP contribution in [-0.4, -0.2) is 15.1 Å². The summed E-state index contributed by atoms with van der Waals surface area (Å²) in [5.74, 6) is 0.631. The number of furan rings is 1. The highest BCUT2D eigenvalue weighted by atomic mass is 28.3. The molecule has 31 heavy (non-hydrogen) atoms. The van der Waals surface area contributed by atoms with E-state index in [4.69, 9.17) is 4.42 Å². The Morgan fingerprint density at radius 1 is 0.742 bits per heavy atom. The van der Waals surface area contributed by atoms with Gasteiger partial charge in [-0.15, -0.1) is 0 Å². The average molecular weight is 428 g/mol. The summed E-state index contributed by atoms with van der Waals surface area (Å²) in [6.45, 7) is 7.24. The number of rotatable bonds is 4. The highest BCUT2D eigenvalue weighted by molar-refractivity contribution is 6.89. The van der Waals surface area contributed by atoms with Gasteiger partial charge in [0.1, 0.15) is 5.58 Å². The zero-order valence-corrected chi connectivity index (χ0v) is 20.2. The minimum Gasteiger partial charge on any atom is -0.454 e. The van der Waals surface area contributed by atoms with Crippen molar-refractivity contribution in [3.63, 3.8) is 0 Å². The van der Waals surface area contributed by atoms with Crippen molar-refractivity contribution in [2.75, 3.05) is 11.9 Å². The van der Waals surface area contributed by atoms with E-state index in [2.05, 4.69) is 92.3 Å². The molecular weight excluding hydrogens is 394 g/mol. The Hall–Kier alpha value is -2.52. The van der Waals surface area contributed by atoms with Gasteiger partial charge in [0.25, 0.3) is 0 Å². The molecule has 0 N–H and O–H groups in total. The minimum absolute atomic E-state index is 0.631. The Kier molecular flexibility index (Phi) is 5.17. The molecule has 1 aliphatic rings. The summed E-state index contributed by atoms with van der Waals surface area (Å²) in [5.41, 5.74) is 5.96. The first-order valence-corrected chi connectivity index (χ1v) is 15.2. The molecular formula is C28H33NOSi. The molecule has 2 nitrogen and oxygen atoms in total. The van der Waals surface area contributed by atoms with Gasteiger partial charge < -0.3 is 9.32 Å². The second kappa shape index (κ2) is 7.87. The largest absolute Gasteiger partial charge is 0.454 e. The number of nitrogens with zero attached hydrogens (tertiary/aromatic N) is 1. The van der Waals surface area contributed by atoms with Crippen LogP contribution in [0.1, 0.15) is 43.6 Å². The maximum Gasteiger partial charge on any atom is 0.159 e. The lowest BCUT2D eigenvalue weighted by molar-refractivity contribution is 0.442. The van der Waals surface area contributed by atoms with Crippen LogP contribution in [0, 0.1) is 0 Å². The molecule has 3 heteroatoms. The van der Waals surface area contributed by atoms with E-state index in [0.717, 1.165) is 16.9 Å². The van der Waals surface area contributed by atoms with Crippen LogP contribution in [0.15, 0.2) is 65.1 Å². The standard InChI is InChI=1S/C28H33NOSi/c1-29(24-17-8-9-19-26(24)31(2,3)4)25-18-11-16-23-22-15-10-14-21(27(22)30-28(23)25)20-12-6-5-7-13-20/h8-11,14-20H,5-7,12-13H2,1-4H3. The first-order valence-electron chi connectivity index (χ1n) is 11.7. The number of hydrogen-bond donors (Lipinski definition) is 0. The highest BCUT2D eigenvalue weighted by Gasteiger charge is 2.25. The lowest BCUT2D eigenvalue weighted by Crippen LogP contribution is -2.40. The normalized spacial score (nSPS) is 15.6. The van der Waals surface area contributed by atoms with E-state index < -0.39 is 8.07 Å². The number of benzene rings is 3. The number of fused-ring (bicyclic) bond motifs is 3. The molecule has 0 radical (unpaired) electrons. The number of hydrogen-bond acceptors (Lipinski definition) is 2. The molecule has 3 aromatic carbocycles. The molecule has 0 aliphatic heterocycles. The second-order valence-electron chi connectivity index (χ2n) is 10.1. The SMILES string of the molecule is CN(c1ccccc1[Si](C)(C)C)c1cccc2c1oc1c(C3CCCCC3)cccc12. The topological polar surface area (TPSA) is 16.4 Å². The molecule has 0 bridgehead atoms. The van der Waals surface area contributed by atoms with Crippen LogP contribution >= 0.6 is 0 Å². The van der Waals surface area contributed by atoms with E-state index in [1.165, 1.54) is 59.3 Å². The predicted octanol–water partition coefficient (Wildman–Crippen LogP) is 7.95. The molecule has 4 aromatic rings. The fourth-order valence-electron chi connectivity index (χ4n) is 5.36. The van der Waals surface area contributed by atoms with E-state index in [0.29, 0.717) is 5.92 Å². The summed E-state index contributed by atoms with van der Waals surface area (Å²) >= 11 is 0. The Morgan fingerprint density at radius 3 is 2.13 bits per heavy atom. The van der Waals surface area contributed by atoms with Crippen LogP contribution in [0.3, 0.4) is 0 Å². The first kappa shape index (κ1) is 20.4. The summed E-state index contributed by atoms with van der Waals surface area (Å²) in [4.78, 5) is 2.33. The van der Waals surface area contributed by atoms with Crippen LogP contribution in [0.25, 0.3) is 21.9 Å². The minimum atomic E-state index is -1.48. The fourth-order valence-corrected chi connectivity index (χ4v) is 6.97. The van der Waals surface area contributed by atoms with Gasteiger partial charge in [-0.2, -0.15) is 0 Å². The van der Waals surface area contributed by atoms with Gasteiger partial charge >= 0.3 is 0 Å². The Labute approximate surface area is 186 Å². The fraction of sp³-hybridized carbons (Fsp3) is 0.357. The molecule has 0 amide bonds. The molecule has 0 atom stereocenters. The van der Waals surface area contributed by atoms with Gasteiger partial charge in [-0.05, 0) is 41.6 Å². The van der Waals surface area contributed by atoms with E-state index in [1.54, 1.807) is 0 Å². The van der Waals surface area contributed by atoms with E-state index in [-0.39, 0.29) is 0 Å². The van der Waals surface area contributed by atoms with E-state index in [9.17, 15) is 0 Å².